The summed E-state index contributed by atoms with van der Waals surface area (Å²) in [5.74, 6) is 0.274. The van der Waals surface area contributed by atoms with Crippen molar-refractivity contribution >= 4 is 166 Å². The SMILES string of the molecule is C.COc1cc2c(ccc3ccccc32)cc1-c1cccc(Cl)c1F.COc1cc2c(ccc3ccccc32)cc1Br.O=[P+]([O-])O[O-].OB(O)c1cccc(Cl)c1F.[K+].[K][K]. The molecule has 1 atom stereocenters. The quantitative estimate of drug-likeness (QED) is 0.0653. The van der Waals surface area contributed by atoms with Crippen molar-refractivity contribution in [1.82, 2.24) is 0 Å². The van der Waals surface area contributed by atoms with Gasteiger partial charge in [-0.2, -0.15) is 0 Å². The Bertz CT molecular complexity index is 2730. The van der Waals surface area contributed by atoms with Crippen LogP contribution in [0, 0.1) is 11.6 Å². The third-order valence-corrected chi connectivity index (χ3v) is 9.97. The molecular formula is C43H34BBrCl2F2K3O8P. The van der Waals surface area contributed by atoms with Crippen LogP contribution in [0.4, 0.5) is 8.78 Å². The van der Waals surface area contributed by atoms with Crippen LogP contribution in [0.15, 0.2) is 138 Å². The summed E-state index contributed by atoms with van der Waals surface area (Å²) in [5.41, 5.74) is 0.923. The number of fused-ring (bicyclic) bond motifs is 6. The summed E-state index contributed by atoms with van der Waals surface area (Å²) in [5, 5.41) is 35.1. The van der Waals surface area contributed by atoms with E-state index >= 15 is 0 Å². The number of ether oxygens (including phenoxy) is 2. The van der Waals surface area contributed by atoms with Gasteiger partial charge < -0.3 is 29.7 Å². The molecule has 0 aliphatic heterocycles. The Hall–Kier alpha value is 0.194. The Morgan fingerprint density at radius 2 is 1.08 bits per heavy atom. The molecule has 0 bridgehead atoms. The van der Waals surface area contributed by atoms with E-state index in [2.05, 4.69) is 87.3 Å². The molecule has 0 heterocycles. The van der Waals surface area contributed by atoms with E-state index in [4.69, 9.17) is 57.4 Å². The van der Waals surface area contributed by atoms with Gasteiger partial charge in [0.2, 0.25) is 0 Å². The first-order valence-corrected chi connectivity index (χ1v) is 36.4. The molecule has 2 N–H and O–H groups in total. The predicted molar refractivity (Wildman–Crippen MR) is 242 cm³/mol. The molecule has 8 aromatic carbocycles. The number of hydrogen-bond donors (Lipinski definition) is 2. The van der Waals surface area contributed by atoms with Crippen molar-refractivity contribution in [3.63, 3.8) is 0 Å². The second-order valence-corrected chi connectivity index (χ2v) is 14.2. The van der Waals surface area contributed by atoms with Crippen LogP contribution >= 0.6 is 47.4 Å². The first-order chi connectivity index (χ1) is 28.4. The summed E-state index contributed by atoms with van der Waals surface area (Å²) in [4.78, 5) is 8.87. The number of benzene rings is 8. The van der Waals surface area contributed by atoms with Crippen LogP contribution in [0.5, 0.6) is 11.5 Å². The number of rotatable bonds is 5. The topological polar surface area (TPSA) is 131 Å². The van der Waals surface area contributed by atoms with Gasteiger partial charge in [0.1, 0.15) is 23.1 Å². The van der Waals surface area contributed by atoms with Crippen molar-refractivity contribution < 1.29 is 99.1 Å². The molecule has 8 aromatic rings. The fourth-order valence-corrected chi connectivity index (χ4v) is 6.89. The Morgan fingerprint density at radius 1 is 0.639 bits per heavy atom. The van der Waals surface area contributed by atoms with Crippen molar-refractivity contribution in [2.24, 2.45) is 0 Å². The molecule has 0 fully saturated rings. The van der Waals surface area contributed by atoms with E-state index in [-0.39, 0.29) is 74.3 Å². The van der Waals surface area contributed by atoms with Crippen LogP contribution in [0.1, 0.15) is 7.43 Å². The van der Waals surface area contributed by atoms with Crippen LogP contribution in [-0.2, 0) is 9.24 Å². The monoisotopic (exact) mass is 1020 g/mol. The Morgan fingerprint density at radius 3 is 1.56 bits per heavy atom. The fourth-order valence-electron chi connectivity index (χ4n) is 6.01. The second-order valence-electron chi connectivity index (χ2n) is 12.0. The number of halogens is 5. The summed E-state index contributed by atoms with van der Waals surface area (Å²) in [6.07, 6.45) is 0. The minimum atomic E-state index is -3.15. The van der Waals surface area contributed by atoms with Gasteiger partial charge in [0.25, 0.3) is 0 Å². The van der Waals surface area contributed by atoms with E-state index in [0.717, 1.165) is 31.8 Å². The van der Waals surface area contributed by atoms with Crippen LogP contribution in [0.3, 0.4) is 0 Å². The summed E-state index contributed by atoms with van der Waals surface area (Å²) in [6, 6.07) is 42.1. The molecule has 0 aromatic heterocycles. The first-order valence-electron chi connectivity index (χ1n) is 17.7. The van der Waals surface area contributed by atoms with Crippen molar-refractivity contribution in [3.05, 3.63) is 160 Å². The molecule has 0 saturated carbocycles. The van der Waals surface area contributed by atoms with E-state index in [0.29, 0.717) is 16.9 Å². The maximum absolute atomic E-state index is 14.5. The third kappa shape index (κ3) is 15.6. The molecule has 0 aliphatic rings. The van der Waals surface area contributed by atoms with Crippen LogP contribution in [-0.4, -0.2) is 94.5 Å². The molecule has 0 aliphatic carbocycles. The van der Waals surface area contributed by atoms with Gasteiger partial charge in [0.15, 0.2) is 0 Å². The van der Waals surface area contributed by atoms with Crippen molar-refractivity contribution in [3.8, 4) is 22.6 Å². The third-order valence-electron chi connectivity index (χ3n) is 8.64. The minimum absolute atomic E-state index is 0. The Labute approximate surface area is 460 Å². The van der Waals surface area contributed by atoms with Gasteiger partial charge >= 0.3 is 130 Å². The average Bonchev–Trinajstić information content (AvgIpc) is 3.26. The molecule has 8 nitrogen and oxygen atoms in total. The summed E-state index contributed by atoms with van der Waals surface area (Å²) < 4.78 is 50.5. The molecule has 0 saturated heterocycles. The van der Waals surface area contributed by atoms with Crippen molar-refractivity contribution in [2.75, 3.05) is 14.2 Å². The van der Waals surface area contributed by atoms with Crippen molar-refractivity contribution in [1.29, 1.82) is 0 Å². The van der Waals surface area contributed by atoms with Gasteiger partial charge in [-0.15, -0.1) is 0 Å². The Kier molecular flexibility index (Phi) is 27.3. The molecule has 0 radical (unpaired) electrons. The standard InChI is InChI=1S/C21H14ClFO.C15H11BrO.C6H5BClFO2.CH4.3K.HO4P/c1-24-20-12-17-14(10-9-13-5-2-3-6-15(13)17)11-18(20)16-7-4-8-19(22)21(16)23;1-17-15-9-13-11(8-14(15)16)7-6-10-4-2-3-5-12(10)13;8-5-3-1-2-4(6(5)9)7(10)11;;;;;1-4-5(2)3/h2-12H,1H3;2-9H,1H3;1-3,10-11H;1H4;;;;1H/q;;;;;;+1;/p-1. The van der Waals surface area contributed by atoms with Gasteiger partial charge in [0, 0.05) is 16.6 Å². The molecule has 61 heavy (non-hydrogen) atoms. The molecule has 8 rings (SSSR count). The molecule has 0 spiro atoms. The molecule has 300 valence electrons. The zero-order valence-electron chi connectivity index (χ0n) is 33.0. The normalized spacial score (nSPS) is 10.2. The number of methoxy groups -OCH3 is 2. The first kappa shape index (κ1) is 57.3. The zero-order chi connectivity index (χ0) is 43.2. The van der Waals surface area contributed by atoms with Crippen LogP contribution in [0.2, 0.25) is 10.0 Å². The van der Waals surface area contributed by atoms with Gasteiger partial charge in [-0.1, -0.05) is 128 Å². The van der Waals surface area contributed by atoms with E-state index in [1.807, 2.05) is 30.3 Å². The van der Waals surface area contributed by atoms with Crippen LogP contribution < -0.4 is 76.5 Å². The summed E-state index contributed by atoms with van der Waals surface area (Å²) in [6.45, 7) is 0. The van der Waals surface area contributed by atoms with E-state index in [9.17, 15) is 8.78 Å². The van der Waals surface area contributed by atoms with Crippen molar-refractivity contribution in [2.45, 2.75) is 7.43 Å². The molecule has 18 heteroatoms. The number of hydrogen-bond acceptors (Lipinski definition) is 8. The van der Waals surface area contributed by atoms with Gasteiger partial charge in [0.05, 0.1) is 28.7 Å². The second kappa shape index (κ2) is 29.1. The predicted octanol–water partition coefficient (Wildman–Crippen LogP) is 6.56. The molecule has 0 amide bonds. The van der Waals surface area contributed by atoms with E-state index in [1.165, 1.54) is 103 Å². The van der Waals surface area contributed by atoms with Gasteiger partial charge in [-0.3, -0.25) is 0 Å². The summed E-state index contributed by atoms with van der Waals surface area (Å²) >= 11 is 17.3. The Balaban J connectivity index is 0.000000304. The van der Waals surface area contributed by atoms with Crippen LogP contribution in [0.25, 0.3) is 54.2 Å². The molecule has 1 unspecified atom stereocenters. The average molecular weight is 1030 g/mol. The fraction of sp³-hybridized carbons (Fsp3) is 0.0698. The molecular weight excluding hydrogens is 992 g/mol. The summed E-state index contributed by atoms with van der Waals surface area (Å²) in [7, 11) is -1.68. The van der Waals surface area contributed by atoms with E-state index in [1.54, 1.807) is 32.4 Å². The zero-order valence-corrected chi connectivity index (χ0v) is 46.3. The van der Waals surface area contributed by atoms with E-state index < -0.39 is 27.0 Å². The van der Waals surface area contributed by atoms with Gasteiger partial charge in [-0.05, 0) is 100.0 Å². The van der Waals surface area contributed by atoms with Gasteiger partial charge in [-0.25, -0.2) is 13.5 Å². The maximum atomic E-state index is 14.5.